The van der Waals surface area contributed by atoms with Crippen molar-refractivity contribution >= 4 is 17.4 Å². The number of hydrogen-bond donors (Lipinski definition) is 1. The Morgan fingerprint density at radius 3 is 1.81 bits per heavy atom. The van der Waals surface area contributed by atoms with Crippen LogP contribution in [0.25, 0.3) is 0 Å². The van der Waals surface area contributed by atoms with Crippen molar-refractivity contribution in [3.8, 4) is 0 Å². The van der Waals surface area contributed by atoms with E-state index in [2.05, 4.69) is 70.8 Å². The van der Waals surface area contributed by atoms with Crippen molar-refractivity contribution in [1.29, 1.82) is 0 Å². The van der Waals surface area contributed by atoms with Crippen LogP contribution in [0.5, 0.6) is 0 Å². The number of rotatable bonds is 7. The molecule has 1 fully saturated rings. The molecule has 0 atom stereocenters. The van der Waals surface area contributed by atoms with Gasteiger partial charge >= 0.3 is 0 Å². The lowest BCUT2D eigenvalue weighted by Gasteiger charge is -2.20. The molecular weight excluding hydrogens is 398 g/mol. The Labute approximate surface area is 196 Å². The van der Waals surface area contributed by atoms with E-state index in [1.807, 2.05) is 4.90 Å². The molecule has 0 unspecified atom stereocenters. The summed E-state index contributed by atoms with van der Waals surface area (Å²) >= 11 is 0. The first-order valence-electron chi connectivity index (χ1n) is 12.1. The van der Waals surface area contributed by atoms with Gasteiger partial charge in [0.2, 0.25) is 5.91 Å². The summed E-state index contributed by atoms with van der Waals surface area (Å²) in [5.41, 5.74) is 10.5. The van der Waals surface area contributed by atoms with Crippen molar-refractivity contribution in [3.05, 3.63) is 46.7 Å². The van der Waals surface area contributed by atoms with E-state index in [9.17, 15) is 9.59 Å². The monoisotopic (exact) mass is 443 g/mol. The van der Waals surface area contributed by atoms with E-state index in [0.717, 1.165) is 56.5 Å². The third-order valence-electron chi connectivity index (χ3n) is 4.86. The van der Waals surface area contributed by atoms with Gasteiger partial charge in [0.05, 0.1) is 5.70 Å². The van der Waals surface area contributed by atoms with Crippen molar-refractivity contribution in [1.82, 2.24) is 4.90 Å². The highest BCUT2D eigenvalue weighted by Gasteiger charge is 2.21. The summed E-state index contributed by atoms with van der Waals surface area (Å²) < 4.78 is 0. The lowest BCUT2D eigenvalue weighted by atomic mass is 10.1. The Balaban J connectivity index is 0.000000717. The highest BCUT2D eigenvalue weighted by atomic mass is 16.2. The summed E-state index contributed by atoms with van der Waals surface area (Å²) in [6.07, 6.45) is 5.68. The zero-order valence-corrected chi connectivity index (χ0v) is 21.5. The molecule has 1 aliphatic rings. The first-order chi connectivity index (χ1) is 15.2. The fourth-order valence-corrected chi connectivity index (χ4v) is 3.21. The fraction of sp³-hybridized carbons (Fsp3) is 0.593. The molecule has 5 nitrogen and oxygen atoms in total. The minimum absolute atomic E-state index is 0.0545. The quantitative estimate of drug-likeness (QED) is 0.543. The zero-order valence-electron chi connectivity index (χ0n) is 21.5. The third kappa shape index (κ3) is 11.8. The first-order valence-corrected chi connectivity index (χ1v) is 12.1. The fourth-order valence-electron chi connectivity index (χ4n) is 3.21. The van der Waals surface area contributed by atoms with Crippen LogP contribution in [0, 0.1) is 13.8 Å². The number of nitrogens with zero attached hydrogens (tertiary/aromatic N) is 2. The van der Waals surface area contributed by atoms with Crippen molar-refractivity contribution in [2.45, 2.75) is 87.0 Å². The van der Waals surface area contributed by atoms with E-state index in [4.69, 9.17) is 5.73 Å². The van der Waals surface area contributed by atoms with Crippen molar-refractivity contribution in [3.63, 3.8) is 0 Å². The Morgan fingerprint density at radius 2 is 1.41 bits per heavy atom. The molecule has 0 aliphatic heterocycles. The molecule has 1 aromatic rings. The molecule has 180 valence electrons. The van der Waals surface area contributed by atoms with Crippen LogP contribution in [-0.4, -0.2) is 41.9 Å². The number of carbonyl (C=O) groups is 2. The molecule has 0 bridgehead atoms. The van der Waals surface area contributed by atoms with Crippen LogP contribution in [-0.2, 0) is 9.59 Å². The molecule has 1 saturated carbocycles. The SMILES string of the molecule is CCC.CCCN(CCC)C(=O)CN=C1CCC/C1=C(/N)C(C)=O.Cc1ccc(C)cc1. The summed E-state index contributed by atoms with van der Waals surface area (Å²) in [4.78, 5) is 29.9. The highest BCUT2D eigenvalue weighted by molar-refractivity contribution is 6.09. The average molecular weight is 444 g/mol. The standard InChI is InChI=1S/C16H27N3O2.C8H10.C3H8/c1-4-9-19(10-5-2)15(21)11-18-14-8-6-7-13(14)16(17)12(3)20;1-7-3-5-8(2)6-4-7;1-3-2/h4-11,17H2,1-3H3;3-6H,1-2H3;3H2,1-2H3/b16-13-,18-14?;;. The number of Topliss-reactive ketones (excluding diaryl/α,β-unsaturated/α-hetero) is 1. The van der Waals surface area contributed by atoms with Gasteiger partial charge in [0.15, 0.2) is 5.78 Å². The topological polar surface area (TPSA) is 75.8 Å². The van der Waals surface area contributed by atoms with E-state index in [-0.39, 0.29) is 18.2 Å². The number of amides is 1. The molecule has 1 aliphatic carbocycles. The van der Waals surface area contributed by atoms with Gasteiger partial charge in [-0.05, 0) is 51.5 Å². The number of aliphatic imine (C=N–C) groups is 1. The number of nitrogens with two attached hydrogens (primary N) is 1. The van der Waals surface area contributed by atoms with Crippen LogP contribution in [0.15, 0.2) is 40.5 Å². The molecule has 2 N–H and O–H groups in total. The first kappa shape index (κ1) is 29.6. The van der Waals surface area contributed by atoms with Gasteiger partial charge in [0.25, 0.3) is 0 Å². The number of ketones is 1. The van der Waals surface area contributed by atoms with Gasteiger partial charge in [-0.25, -0.2) is 0 Å². The van der Waals surface area contributed by atoms with E-state index in [0.29, 0.717) is 5.70 Å². The van der Waals surface area contributed by atoms with E-state index < -0.39 is 0 Å². The van der Waals surface area contributed by atoms with Gasteiger partial charge in [0, 0.05) is 25.7 Å². The second-order valence-electron chi connectivity index (χ2n) is 8.31. The molecule has 0 spiro atoms. The molecular formula is C27H45N3O2. The van der Waals surface area contributed by atoms with Gasteiger partial charge in [-0.3, -0.25) is 14.6 Å². The predicted octanol–water partition coefficient (Wildman–Crippen LogP) is 5.78. The number of carbonyl (C=O) groups excluding carboxylic acids is 2. The Kier molecular flexibility index (Phi) is 15.9. The molecule has 1 amide bonds. The molecule has 0 radical (unpaired) electrons. The molecule has 0 aromatic heterocycles. The van der Waals surface area contributed by atoms with Crippen molar-refractivity contribution in [2.75, 3.05) is 19.6 Å². The van der Waals surface area contributed by atoms with Crippen molar-refractivity contribution < 1.29 is 9.59 Å². The maximum absolute atomic E-state index is 12.2. The van der Waals surface area contributed by atoms with Crippen LogP contribution < -0.4 is 5.73 Å². The van der Waals surface area contributed by atoms with Gasteiger partial charge in [0.1, 0.15) is 6.54 Å². The number of aryl methyl sites for hydroxylation is 2. The van der Waals surface area contributed by atoms with E-state index >= 15 is 0 Å². The molecule has 2 rings (SSSR count). The van der Waals surface area contributed by atoms with E-state index in [1.165, 1.54) is 24.5 Å². The highest BCUT2D eigenvalue weighted by Crippen LogP contribution is 2.24. The minimum Gasteiger partial charge on any atom is -0.396 e. The second kappa shape index (κ2) is 17.2. The Morgan fingerprint density at radius 1 is 0.938 bits per heavy atom. The van der Waals surface area contributed by atoms with E-state index in [1.54, 1.807) is 0 Å². The lowest BCUT2D eigenvalue weighted by Crippen LogP contribution is -2.34. The summed E-state index contributed by atoms with van der Waals surface area (Å²) in [5.74, 6) is -0.0663. The maximum atomic E-state index is 12.2. The second-order valence-corrected chi connectivity index (χ2v) is 8.31. The molecule has 1 aromatic carbocycles. The maximum Gasteiger partial charge on any atom is 0.244 e. The number of allylic oxidation sites excluding steroid dienone is 2. The van der Waals surface area contributed by atoms with Crippen LogP contribution in [0.4, 0.5) is 0 Å². The summed E-state index contributed by atoms with van der Waals surface area (Å²) in [6.45, 7) is 15.7. The minimum atomic E-state index is -0.121. The lowest BCUT2D eigenvalue weighted by molar-refractivity contribution is -0.129. The Bertz CT molecular complexity index is 722. The van der Waals surface area contributed by atoms with Crippen LogP contribution in [0.2, 0.25) is 0 Å². The van der Waals surface area contributed by atoms with Gasteiger partial charge in [-0.15, -0.1) is 0 Å². The van der Waals surface area contributed by atoms with Crippen LogP contribution in [0.1, 0.15) is 84.3 Å². The van der Waals surface area contributed by atoms with Gasteiger partial charge in [-0.2, -0.15) is 0 Å². The third-order valence-corrected chi connectivity index (χ3v) is 4.86. The molecule has 5 heteroatoms. The Hall–Kier alpha value is -2.43. The average Bonchev–Trinajstić information content (AvgIpc) is 3.23. The van der Waals surface area contributed by atoms with Gasteiger partial charge in [-0.1, -0.05) is 69.5 Å². The summed E-state index contributed by atoms with van der Waals surface area (Å²) in [7, 11) is 0. The van der Waals surface area contributed by atoms with Crippen LogP contribution in [0.3, 0.4) is 0 Å². The normalized spacial score (nSPS) is 15.3. The summed E-state index contributed by atoms with van der Waals surface area (Å²) in [6, 6.07) is 8.48. The predicted molar refractivity (Wildman–Crippen MR) is 137 cm³/mol. The molecule has 0 heterocycles. The van der Waals surface area contributed by atoms with Crippen molar-refractivity contribution in [2.24, 2.45) is 10.7 Å². The number of hydrogen-bond acceptors (Lipinski definition) is 4. The molecule has 32 heavy (non-hydrogen) atoms. The smallest absolute Gasteiger partial charge is 0.244 e. The van der Waals surface area contributed by atoms with Crippen LogP contribution >= 0.6 is 0 Å². The largest absolute Gasteiger partial charge is 0.396 e. The number of benzene rings is 1. The molecule has 0 saturated heterocycles. The summed E-state index contributed by atoms with van der Waals surface area (Å²) in [5, 5.41) is 0. The van der Waals surface area contributed by atoms with Gasteiger partial charge < -0.3 is 10.6 Å². The zero-order chi connectivity index (χ0) is 24.5.